The fraction of sp³-hybridized carbons (Fsp3) is 0.583. The molecule has 1 atom stereocenters. The first-order valence-corrected chi connectivity index (χ1v) is 6.68. The van der Waals surface area contributed by atoms with Gasteiger partial charge in [-0.25, -0.2) is 0 Å². The molecule has 3 rings (SSSR count). The number of halogens is 1. The normalized spacial score (nSPS) is 22.6. The van der Waals surface area contributed by atoms with Crippen molar-refractivity contribution in [3.05, 3.63) is 17.5 Å². The smallest absolute Gasteiger partial charge is 0.255 e. The van der Waals surface area contributed by atoms with Gasteiger partial charge in [0.2, 0.25) is 0 Å². The summed E-state index contributed by atoms with van der Waals surface area (Å²) in [5.41, 5.74) is -0.103. The van der Waals surface area contributed by atoms with E-state index in [4.69, 9.17) is 16.3 Å². The number of ether oxygens (including phenoxy) is 1. The van der Waals surface area contributed by atoms with Gasteiger partial charge in [0.1, 0.15) is 17.3 Å². The maximum absolute atomic E-state index is 6.00. The molecule has 0 spiro atoms. The number of nitrogens with one attached hydrogen (secondary N) is 1. The first kappa shape index (κ1) is 12.6. The van der Waals surface area contributed by atoms with E-state index >= 15 is 0 Å². The molecule has 0 saturated carbocycles. The van der Waals surface area contributed by atoms with E-state index in [0.29, 0.717) is 17.0 Å². The molecule has 6 nitrogen and oxygen atoms in total. The van der Waals surface area contributed by atoms with E-state index in [9.17, 15) is 0 Å². The number of hydrogen-bond acceptors (Lipinski definition) is 5. The van der Waals surface area contributed by atoms with Gasteiger partial charge in [-0.15, -0.1) is 0 Å². The van der Waals surface area contributed by atoms with E-state index in [1.165, 1.54) is 6.33 Å². The van der Waals surface area contributed by atoms with Gasteiger partial charge in [0.15, 0.2) is 0 Å². The summed E-state index contributed by atoms with van der Waals surface area (Å²) < 4.78 is 7.38. The lowest BCUT2D eigenvalue weighted by molar-refractivity contribution is -0.0553. The molecule has 1 N–H and O–H groups in total. The van der Waals surface area contributed by atoms with Crippen molar-refractivity contribution < 1.29 is 4.74 Å². The quantitative estimate of drug-likeness (QED) is 0.855. The van der Waals surface area contributed by atoms with E-state index in [2.05, 4.69) is 34.2 Å². The van der Waals surface area contributed by atoms with E-state index in [1.807, 2.05) is 0 Å². The van der Waals surface area contributed by atoms with Crippen LogP contribution in [0.5, 0.6) is 0 Å². The molecule has 1 saturated heterocycles. The van der Waals surface area contributed by atoms with Gasteiger partial charge in [-0.1, -0.05) is 11.6 Å². The van der Waals surface area contributed by atoms with Crippen LogP contribution in [0, 0.1) is 0 Å². The van der Waals surface area contributed by atoms with Crippen LogP contribution in [0.15, 0.2) is 12.4 Å². The van der Waals surface area contributed by atoms with Crippen molar-refractivity contribution in [1.29, 1.82) is 0 Å². The first-order valence-electron chi connectivity index (χ1n) is 6.30. The zero-order valence-corrected chi connectivity index (χ0v) is 11.7. The van der Waals surface area contributed by atoms with Gasteiger partial charge in [0.05, 0.1) is 5.60 Å². The number of anilines is 1. The van der Waals surface area contributed by atoms with Crippen LogP contribution < -0.4 is 5.32 Å². The van der Waals surface area contributed by atoms with Crippen molar-refractivity contribution >= 4 is 23.2 Å². The predicted octanol–water partition coefficient (Wildman–Crippen LogP) is 2.15. The van der Waals surface area contributed by atoms with Crippen molar-refractivity contribution in [3.8, 4) is 0 Å². The first-order chi connectivity index (χ1) is 9.03. The van der Waals surface area contributed by atoms with Gasteiger partial charge < -0.3 is 10.1 Å². The molecule has 0 bridgehead atoms. The summed E-state index contributed by atoms with van der Waals surface area (Å²) in [7, 11) is 0. The molecular formula is C12H16ClN5O. The summed E-state index contributed by atoms with van der Waals surface area (Å²) >= 11 is 6.00. The van der Waals surface area contributed by atoms with E-state index in [0.717, 1.165) is 25.3 Å². The molecule has 2 aromatic rings. The summed E-state index contributed by atoms with van der Waals surface area (Å²) in [6, 6.07) is 2.10. The molecule has 102 valence electrons. The maximum Gasteiger partial charge on any atom is 0.255 e. The Kier molecular flexibility index (Phi) is 3.06. The fourth-order valence-corrected chi connectivity index (χ4v) is 2.63. The Labute approximate surface area is 116 Å². The lowest BCUT2D eigenvalue weighted by Gasteiger charge is -2.36. The largest absolute Gasteiger partial charge is 0.375 e. The van der Waals surface area contributed by atoms with Crippen LogP contribution >= 0.6 is 11.6 Å². The Morgan fingerprint density at radius 1 is 1.53 bits per heavy atom. The van der Waals surface area contributed by atoms with Crippen molar-refractivity contribution in [3.63, 3.8) is 0 Å². The van der Waals surface area contributed by atoms with Crippen LogP contribution in [0.3, 0.4) is 0 Å². The Morgan fingerprint density at radius 3 is 3.16 bits per heavy atom. The monoisotopic (exact) mass is 281 g/mol. The highest BCUT2D eigenvalue weighted by molar-refractivity contribution is 6.29. The van der Waals surface area contributed by atoms with Crippen molar-refractivity contribution in [2.45, 2.75) is 38.3 Å². The van der Waals surface area contributed by atoms with Crippen LogP contribution in [-0.4, -0.2) is 37.8 Å². The summed E-state index contributed by atoms with van der Waals surface area (Å²) in [5, 5.41) is 8.03. The molecule has 1 fully saturated rings. The van der Waals surface area contributed by atoms with Crippen LogP contribution in [0.1, 0.15) is 26.7 Å². The highest BCUT2D eigenvalue weighted by Crippen LogP contribution is 2.26. The molecule has 1 aliphatic heterocycles. The van der Waals surface area contributed by atoms with E-state index in [-0.39, 0.29) is 5.60 Å². The average molecular weight is 282 g/mol. The van der Waals surface area contributed by atoms with Gasteiger partial charge in [-0.2, -0.15) is 19.6 Å². The Balaban J connectivity index is 1.86. The Hall–Kier alpha value is -1.40. The number of nitrogens with zero attached hydrogens (tertiary/aromatic N) is 4. The number of aromatic nitrogens is 4. The van der Waals surface area contributed by atoms with Crippen LogP contribution in [-0.2, 0) is 4.74 Å². The predicted molar refractivity (Wildman–Crippen MR) is 72.5 cm³/mol. The third-order valence-electron chi connectivity index (χ3n) is 3.27. The van der Waals surface area contributed by atoms with Crippen molar-refractivity contribution in [1.82, 2.24) is 19.6 Å². The Bertz CT molecular complexity index is 597. The van der Waals surface area contributed by atoms with E-state index < -0.39 is 0 Å². The van der Waals surface area contributed by atoms with Crippen LogP contribution in [0.4, 0.5) is 5.82 Å². The second kappa shape index (κ2) is 4.61. The fourth-order valence-electron chi connectivity index (χ4n) is 2.45. The highest BCUT2D eigenvalue weighted by atomic mass is 35.5. The summed E-state index contributed by atoms with van der Waals surface area (Å²) in [6.07, 6.45) is 3.36. The molecule has 0 radical (unpaired) electrons. The standard InChI is InChI=1S/C12H16ClN5O/c1-12(2)6-8(3-4-19-12)16-10-5-9(13)17-11-14-7-15-18(10)11/h5,7-8,16H,3-4,6H2,1-2H3. The summed E-state index contributed by atoms with van der Waals surface area (Å²) in [4.78, 5) is 8.16. The molecular weight excluding hydrogens is 266 g/mol. The van der Waals surface area contributed by atoms with Crippen molar-refractivity contribution in [2.24, 2.45) is 0 Å². The molecule has 7 heteroatoms. The van der Waals surface area contributed by atoms with Crippen LogP contribution in [0.25, 0.3) is 5.78 Å². The zero-order chi connectivity index (χ0) is 13.5. The lowest BCUT2D eigenvalue weighted by Crippen LogP contribution is -2.40. The molecule has 19 heavy (non-hydrogen) atoms. The summed E-state index contributed by atoms with van der Waals surface area (Å²) in [5.74, 6) is 1.32. The molecule has 2 aromatic heterocycles. The summed E-state index contributed by atoms with van der Waals surface area (Å²) in [6.45, 7) is 4.96. The minimum Gasteiger partial charge on any atom is -0.375 e. The highest BCUT2D eigenvalue weighted by Gasteiger charge is 2.29. The molecule has 1 aliphatic rings. The third kappa shape index (κ3) is 2.64. The number of fused-ring (bicyclic) bond motifs is 1. The van der Waals surface area contributed by atoms with Crippen LogP contribution in [0.2, 0.25) is 5.15 Å². The van der Waals surface area contributed by atoms with Gasteiger partial charge in [-0.3, -0.25) is 0 Å². The number of hydrogen-bond donors (Lipinski definition) is 1. The van der Waals surface area contributed by atoms with Gasteiger partial charge in [0.25, 0.3) is 5.78 Å². The molecule has 3 heterocycles. The molecule has 1 unspecified atom stereocenters. The second-order valence-electron chi connectivity index (χ2n) is 5.38. The zero-order valence-electron chi connectivity index (χ0n) is 10.9. The van der Waals surface area contributed by atoms with Gasteiger partial charge in [-0.05, 0) is 26.7 Å². The van der Waals surface area contributed by atoms with Crippen molar-refractivity contribution in [2.75, 3.05) is 11.9 Å². The SMILES string of the molecule is CC1(C)CC(Nc2cc(Cl)nc3ncnn23)CCO1. The minimum absolute atomic E-state index is 0.103. The van der Waals surface area contributed by atoms with Gasteiger partial charge in [0, 0.05) is 18.7 Å². The third-order valence-corrected chi connectivity index (χ3v) is 3.46. The van der Waals surface area contributed by atoms with E-state index in [1.54, 1.807) is 10.6 Å². The maximum atomic E-state index is 6.00. The lowest BCUT2D eigenvalue weighted by atomic mass is 9.94. The molecule has 0 aromatic carbocycles. The second-order valence-corrected chi connectivity index (χ2v) is 5.77. The molecule has 0 amide bonds. The van der Waals surface area contributed by atoms with Gasteiger partial charge >= 0.3 is 0 Å². The minimum atomic E-state index is -0.103. The number of rotatable bonds is 2. The average Bonchev–Trinajstić information content (AvgIpc) is 2.75. The topological polar surface area (TPSA) is 64.3 Å². The molecule has 0 aliphatic carbocycles. The Morgan fingerprint density at radius 2 is 2.37 bits per heavy atom.